The van der Waals surface area contributed by atoms with Crippen LogP contribution in [-0.2, 0) is 20.9 Å². The monoisotopic (exact) mass is 255 g/mol. The zero-order valence-electron chi connectivity index (χ0n) is 8.97. The van der Waals surface area contributed by atoms with E-state index < -0.39 is 0 Å². The molecule has 0 saturated heterocycles. The molecular formula is C11H16NNb-3. The predicted molar refractivity (Wildman–Crippen MR) is 52.4 cm³/mol. The van der Waals surface area contributed by atoms with Gasteiger partial charge in [-0.15, -0.1) is 0 Å². The molecule has 0 bridgehead atoms. The van der Waals surface area contributed by atoms with E-state index in [0.717, 1.165) is 0 Å². The molecule has 0 fully saturated rings. The molecule has 0 N–H and O–H groups in total. The molecule has 0 amide bonds. The van der Waals surface area contributed by atoms with Crippen molar-refractivity contribution in [1.82, 2.24) is 0 Å². The summed E-state index contributed by atoms with van der Waals surface area (Å²) in [5, 5.41) is 0. The van der Waals surface area contributed by atoms with Gasteiger partial charge in [-0.05, 0) is 0 Å². The van der Waals surface area contributed by atoms with Crippen molar-refractivity contribution in [3.63, 3.8) is 0 Å². The average Bonchev–Trinajstić information content (AvgIpc) is 2.41. The molecule has 0 unspecified atom stereocenters. The van der Waals surface area contributed by atoms with E-state index in [9.17, 15) is 0 Å². The van der Waals surface area contributed by atoms with E-state index in [1.807, 2.05) is 0 Å². The van der Waals surface area contributed by atoms with Crippen LogP contribution in [-0.4, -0.2) is 5.54 Å². The first-order chi connectivity index (χ1) is 5.06. The van der Waals surface area contributed by atoms with Crippen LogP contribution < -0.4 is 0 Å². The smallest absolute Gasteiger partial charge is 0.0757 e. The molecule has 0 aliphatic carbocycles. The number of hydrogen-bond acceptors (Lipinski definition) is 1. The van der Waals surface area contributed by atoms with Crippen molar-refractivity contribution in [2.75, 3.05) is 0 Å². The minimum atomic E-state index is 0. The van der Waals surface area contributed by atoms with Crippen LogP contribution in [0.25, 0.3) is 0 Å². The Morgan fingerprint density at radius 2 is 1.38 bits per heavy atom. The zero-order valence-corrected chi connectivity index (χ0v) is 11.2. The molecule has 1 nitrogen and oxygen atoms in total. The molecule has 0 aliphatic rings. The van der Waals surface area contributed by atoms with Crippen molar-refractivity contribution >= 4 is 0 Å². The van der Waals surface area contributed by atoms with Gasteiger partial charge in [-0.1, -0.05) is 6.07 Å². The Kier molecular flexibility index (Phi) is 13.6. The number of hydrogen-bond donors (Lipinski definition) is 0. The molecule has 0 atom stereocenters. The summed E-state index contributed by atoms with van der Waals surface area (Å²) >= 11 is 1.52. The fourth-order valence-electron chi connectivity index (χ4n) is 0.180. The third-order valence-corrected chi connectivity index (χ3v) is 2.13. The van der Waals surface area contributed by atoms with Gasteiger partial charge in [-0.25, -0.2) is 24.3 Å². The van der Waals surface area contributed by atoms with Gasteiger partial charge in [0.15, 0.2) is 0 Å². The molecular weight excluding hydrogens is 239 g/mol. The predicted octanol–water partition coefficient (Wildman–Crippen LogP) is 3.02. The van der Waals surface area contributed by atoms with E-state index in [4.69, 9.17) is 0 Å². The second kappa shape index (κ2) is 9.62. The molecule has 0 saturated carbocycles. The summed E-state index contributed by atoms with van der Waals surface area (Å²) in [6.45, 7) is 6.27. The molecule has 73 valence electrons. The van der Waals surface area contributed by atoms with E-state index in [0.29, 0.717) is 0 Å². The molecule has 0 spiro atoms. The Morgan fingerprint density at radius 1 is 1.08 bits per heavy atom. The summed E-state index contributed by atoms with van der Waals surface area (Å²) in [4.78, 5) is 0. The SMILES string of the molecule is CC(C)(C)[N]=[Nb].[CH3-].[CH3-].c1c#c[cH-]c#1. The van der Waals surface area contributed by atoms with Crippen molar-refractivity contribution in [2.45, 2.75) is 26.3 Å². The van der Waals surface area contributed by atoms with Gasteiger partial charge in [0.1, 0.15) is 0 Å². The zero-order chi connectivity index (χ0) is 8.74. The van der Waals surface area contributed by atoms with Gasteiger partial charge >= 0.3 is 50.5 Å². The quantitative estimate of drug-likeness (QED) is 0.499. The van der Waals surface area contributed by atoms with E-state index in [2.05, 4.69) is 48.4 Å². The average molecular weight is 255 g/mol. The number of nitrogens with zero attached hydrogens (tertiary/aromatic N) is 1. The molecule has 2 heteroatoms. The summed E-state index contributed by atoms with van der Waals surface area (Å²) in [6, 6.07) is 12.0. The first kappa shape index (κ1) is 18.3. The number of rotatable bonds is 0. The summed E-state index contributed by atoms with van der Waals surface area (Å²) in [5.74, 6) is 0. The fraction of sp³-hybridized carbons (Fsp3) is 0.364. The third kappa shape index (κ3) is 18.5. The van der Waals surface area contributed by atoms with E-state index in [-0.39, 0.29) is 20.4 Å². The molecule has 13 heavy (non-hydrogen) atoms. The first-order valence-corrected chi connectivity index (χ1v) is 4.23. The second-order valence-corrected chi connectivity index (χ2v) is 3.45. The van der Waals surface area contributed by atoms with Crippen LogP contribution in [0.1, 0.15) is 20.8 Å². The Bertz CT molecular complexity index is 155. The van der Waals surface area contributed by atoms with Crippen molar-refractivity contribution in [3.8, 4) is 0 Å². The molecule has 0 aliphatic heterocycles. The van der Waals surface area contributed by atoms with Crippen LogP contribution in [0.5, 0.6) is 0 Å². The third-order valence-electron chi connectivity index (χ3n) is 0.651. The van der Waals surface area contributed by atoms with Crippen molar-refractivity contribution < 1.29 is 20.9 Å². The van der Waals surface area contributed by atoms with Crippen LogP contribution >= 0.6 is 0 Å². The van der Waals surface area contributed by atoms with Gasteiger partial charge in [-0.2, -0.15) is 0 Å². The maximum absolute atomic E-state index is 4.07. The fourth-order valence-corrected chi connectivity index (χ4v) is 0.180. The molecule has 0 aromatic heterocycles. The Balaban J connectivity index is -0.000000134. The summed E-state index contributed by atoms with van der Waals surface area (Å²) in [7, 11) is 0. The topological polar surface area (TPSA) is 12.4 Å². The maximum atomic E-state index is 4.07. The Hall–Kier alpha value is -0.470. The van der Waals surface area contributed by atoms with Crippen LogP contribution in [0.2, 0.25) is 0 Å². The molecule has 1 rings (SSSR count). The standard InChI is InChI=1S/C5H.C4H9N.2CH3.Nb/c1-2-4-5-3-1;1-4(2,3)5;;;/h1H;1-3H3;2*1H3;/q-1;;2*-1;. The minimum absolute atomic E-state index is 0. The molecule has 0 radical (unpaired) electrons. The summed E-state index contributed by atoms with van der Waals surface area (Å²) in [6.07, 6.45) is 0. The van der Waals surface area contributed by atoms with E-state index >= 15 is 0 Å². The largest absolute Gasteiger partial charge is 0.358 e. The Morgan fingerprint density at radius 3 is 1.46 bits per heavy atom. The van der Waals surface area contributed by atoms with Gasteiger partial charge in [-0.3, -0.25) is 0 Å². The first-order valence-electron chi connectivity index (χ1n) is 3.25. The molecule has 0 heterocycles. The van der Waals surface area contributed by atoms with E-state index in [1.165, 1.54) is 20.9 Å². The van der Waals surface area contributed by atoms with Crippen molar-refractivity contribution in [2.24, 2.45) is 3.34 Å². The van der Waals surface area contributed by atoms with Gasteiger partial charge in [0.25, 0.3) is 0 Å². The molecule has 1 aromatic rings. The maximum Gasteiger partial charge on any atom is -0.0757 e. The van der Waals surface area contributed by atoms with Crippen LogP contribution in [0.4, 0.5) is 0 Å². The van der Waals surface area contributed by atoms with Crippen molar-refractivity contribution in [1.29, 1.82) is 0 Å². The van der Waals surface area contributed by atoms with E-state index in [1.54, 1.807) is 6.07 Å². The summed E-state index contributed by atoms with van der Waals surface area (Å²) < 4.78 is 4.07. The van der Waals surface area contributed by atoms with Crippen LogP contribution in [0.15, 0.2) is 9.40 Å². The minimum Gasteiger partial charge on any atom is -0.358 e. The van der Waals surface area contributed by atoms with Crippen LogP contribution in [0.3, 0.4) is 0 Å². The van der Waals surface area contributed by atoms with Gasteiger partial charge in [0.2, 0.25) is 0 Å². The van der Waals surface area contributed by atoms with Crippen LogP contribution in [0, 0.1) is 39.1 Å². The summed E-state index contributed by atoms with van der Waals surface area (Å²) in [5.41, 5.74) is 0.189. The van der Waals surface area contributed by atoms with Crippen molar-refractivity contribution in [3.05, 3.63) is 45.2 Å². The van der Waals surface area contributed by atoms with Gasteiger partial charge in [0, 0.05) is 0 Å². The van der Waals surface area contributed by atoms with Gasteiger partial charge < -0.3 is 14.9 Å². The van der Waals surface area contributed by atoms with Gasteiger partial charge in [0.05, 0.1) is 0 Å². The molecule has 1 aromatic carbocycles. The Labute approximate surface area is 95.7 Å². The normalized spacial score (nSPS) is 6.92. The second-order valence-electron chi connectivity index (χ2n) is 2.95.